The largest absolute Gasteiger partial charge is 0.508 e. The highest BCUT2D eigenvalue weighted by molar-refractivity contribution is 8.13. The third-order valence-corrected chi connectivity index (χ3v) is 4.83. The topological polar surface area (TPSA) is 94.9 Å². The molecule has 0 bridgehead atoms. The predicted molar refractivity (Wildman–Crippen MR) is 86.2 cm³/mol. The van der Waals surface area contributed by atoms with Crippen LogP contribution in [-0.4, -0.2) is 50.4 Å². The number of rotatable bonds is 6. The quantitative estimate of drug-likeness (QED) is 0.817. The molecule has 2 rings (SSSR count). The fourth-order valence-corrected chi connectivity index (χ4v) is 3.34. The first kappa shape index (κ1) is 17.3. The van der Waals surface area contributed by atoms with E-state index in [0.717, 1.165) is 5.56 Å². The van der Waals surface area contributed by atoms with Gasteiger partial charge < -0.3 is 15.1 Å². The number of carbonyl (C=O) groups excluding carboxylic acids is 2. The number of hydrogen-bond donors (Lipinski definition) is 2. The first-order valence-electron chi connectivity index (χ1n) is 7.30. The van der Waals surface area contributed by atoms with E-state index >= 15 is 0 Å². The first-order valence-corrected chi connectivity index (χ1v) is 8.29. The van der Waals surface area contributed by atoms with Crippen molar-refractivity contribution in [3.05, 3.63) is 29.8 Å². The summed E-state index contributed by atoms with van der Waals surface area (Å²) in [6, 6.07) is 5.35. The third kappa shape index (κ3) is 4.72. The number of carboxylic acids is 1. The number of aliphatic carboxylic acids is 1. The zero-order valence-electron chi connectivity index (χ0n) is 12.8. The third-order valence-electron chi connectivity index (χ3n) is 3.79. The average Bonchev–Trinajstić information content (AvgIpc) is 2.85. The van der Waals surface area contributed by atoms with Crippen LogP contribution in [0, 0.1) is 5.92 Å². The number of carboxylic acid groups (broad SMARTS) is 1. The molecule has 7 heteroatoms. The van der Waals surface area contributed by atoms with Crippen molar-refractivity contribution in [1.82, 2.24) is 4.90 Å². The van der Waals surface area contributed by atoms with Crippen LogP contribution in [0.15, 0.2) is 24.3 Å². The van der Waals surface area contributed by atoms with Crippen molar-refractivity contribution in [3.8, 4) is 5.75 Å². The van der Waals surface area contributed by atoms with Gasteiger partial charge in [0.25, 0.3) is 0 Å². The Bertz CT molecular complexity index is 601. The summed E-state index contributed by atoms with van der Waals surface area (Å²) in [7, 11) is 0. The fourth-order valence-electron chi connectivity index (χ4n) is 2.64. The molecule has 1 amide bonds. The summed E-state index contributed by atoms with van der Waals surface area (Å²) in [6.45, 7) is 1.83. The summed E-state index contributed by atoms with van der Waals surface area (Å²) in [4.78, 5) is 36.1. The maximum Gasteiger partial charge on any atom is 0.326 e. The highest BCUT2D eigenvalue weighted by atomic mass is 32.2. The van der Waals surface area contributed by atoms with E-state index in [-0.39, 0.29) is 35.5 Å². The van der Waals surface area contributed by atoms with Crippen molar-refractivity contribution in [1.29, 1.82) is 0 Å². The average molecular weight is 337 g/mol. The number of thioether (sulfide) groups is 1. The molecule has 23 heavy (non-hydrogen) atoms. The van der Waals surface area contributed by atoms with Gasteiger partial charge in [0.2, 0.25) is 5.91 Å². The van der Waals surface area contributed by atoms with Crippen molar-refractivity contribution in [3.63, 3.8) is 0 Å². The molecule has 124 valence electrons. The number of nitrogens with zero attached hydrogens (tertiary/aromatic N) is 1. The van der Waals surface area contributed by atoms with Crippen LogP contribution < -0.4 is 0 Å². The minimum atomic E-state index is -1.05. The van der Waals surface area contributed by atoms with Gasteiger partial charge in [-0.15, -0.1) is 0 Å². The number of benzene rings is 1. The summed E-state index contributed by atoms with van der Waals surface area (Å²) in [5.41, 5.74) is 0.740. The van der Waals surface area contributed by atoms with Gasteiger partial charge in [-0.05, 0) is 23.6 Å². The van der Waals surface area contributed by atoms with Gasteiger partial charge in [-0.2, -0.15) is 0 Å². The Morgan fingerprint density at radius 1 is 1.35 bits per heavy atom. The molecule has 1 fully saturated rings. The standard InChI is InChI=1S/C16H19NO5S/c1-10(18)23-9-12-7-15(20)17(8-12)14(16(21)22)6-11-2-4-13(19)5-3-11/h2-5,12,14,19H,6-9H2,1H3,(H,21,22)/t12?,14-/m0/s1. The summed E-state index contributed by atoms with van der Waals surface area (Å²) in [5.74, 6) is -0.600. The Morgan fingerprint density at radius 2 is 2.00 bits per heavy atom. The molecule has 1 aliphatic rings. The van der Waals surface area contributed by atoms with Gasteiger partial charge in [0.05, 0.1) is 0 Å². The number of likely N-dealkylation sites (tertiary alicyclic amines) is 1. The van der Waals surface area contributed by atoms with E-state index in [0.29, 0.717) is 12.3 Å². The summed E-state index contributed by atoms with van der Waals surface area (Å²) in [6.07, 6.45) is 0.466. The molecule has 0 radical (unpaired) electrons. The Balaban J connectivity index is 2.05. The monoisotopic (exact) mass is 337 g/mol. The van der Waals surface area contributed by atoms with Crippen LogP contribution in [0.5, 0.6) is 5.75 Å². The van der Waals surface area contributed by atoms with Crippen LogP contribution in [0.25, 0.3) is 0 Å². The van der Waals surface area contributed by atoms with Crippen LogP contribution in [0.1, 0.15) is 18.9 Å². The second-order valence-electron chi connectivity index (χ2n) is 5.64. The van der Waals surface area contributed by atoms with Gasteiger partial charge in [0.1, 0.15) is 11.8 Å². The number of phenols is 1. The molecule has 1 aromatic carbocycles. The molecule has 0 spiro atoms. The molecule has 0 saturated carbocycles. The van der Waals surface area contributed by atoms with E-state index in [1.165, 1.54) is 35.7 Å². The fraction of sp³-hybridized carbons (Fsp3) is 0.438. The number of phenolic OH excluding ortho intramolecular Hbond substituents is 1. The molecule has 1 saturated heterocycles. The van der Waals surface area contributed by atoms with E-state index in [1.807, 2.05) is 0 Å². The maximum atomic E-state index is 12.1. The smallest absolute Gasteiger partial charge is 0.326 e. The Hall–Kier alpha value is -2.02. The van der Waals surface area contributed by atoms with Gasteiger partial charge in [0.15, 0.2) is 5.12 Å². The predicted octanol–water partition coefficient (Wildman–Crippen LogP) is 1.52. The van der Waals surface area contributed by atoms with Crippen LogP contribution in [0.3, 0.4) is 0 Å². The molecule has 1 unspecified atom stereocenters. The second kappa shape index (κ2) is 7.50. The Morgan fingerprint density at radius 3 is 2.57 bits per heavy atom. The lowest BCUT2D eigenvalue weighted by Gasteiger charge is -2.25. The molecule has 6 nitrogen and oxygen atoms in total. The molecule has 2 N–H and O–H groups in total. The Kier molecular flexibility index (Phi) is 5.65. The van der Waals surface area contributed by atoms with Crippen LogP contribution in [0.2, 0.25) is 0 Å². The van der Waals surface area contributed by atoms with E-state index in [9.17, 15) is 24.6 Å². The Labute approximate surface area is 138 Å². The van der Waals surface area contributed by atoms with Crippen molar-refractivity contribution >= 4 is 28.8 Å². The number of carbonyl (C=O) groups is 3. The number of amides is 1. The van der Waals surface area contributed by atoms with Crippen LogP contribution in [-0.2, 0) is 20.8 Å². The van der Waals surface area contributed by atoms with Crippen LogP contribution >= 0.6 is 11.8 Å². The van der Waals surface area contributed by atoms with E-state index in [2.05, 4.69) is 0 Å². The van der Waals surface area contributed by atoms with E-state index in [1.54, 1.807) is 12.1 Å². The normalized spacial score (nSPS) is 18.9. The van der Waals surface area contributed by atoms with Crippen LogP contribution in [0.4, 0.5) is 0 Å². The highest BCUT2D eigenvalue weighted by Gasteiger charge is 2.37. The maximum absolute atomic E-state index is 12.1. The molecule has 1 heterocycles. The lowest BCUT2D eigenvalue weighted by molar-refractivity contribution is -0.148. The molecule has 1 aliphatic heterocycles. The van der Waals surface area contributed by atoms with Crippen molar-refractivity contribution in [2.45, 2.75) is 25.8 Å². The van der Waals surface area contributed by atoms with E-state index < -0.39 is 12.0 Å². The minimum absolute atomic E-state index is 0.00179. The van der Waals surface area contributed by atoms with Gasteiger partial charge in [-0.1, -0.05) is 23.9 Å². The van der Waals surface area contributed by atoms with Gasteiger partial charge in [-0.25, -0.2) is 4.79 Å². The first-order chi connectivity index (χ1) is 10.9. The highest BCUT2D eigenvalue weighted by Crippen LogP contribution is 2.25. The zero-order chi connectivity index (χ0) is 17.0. The van der Waals surface area contributed by atoms with Crippen molar-refractivity contribution in [2.24, 2.45) is 5.92 Å². The van der Waals surface area contributed by atoms with Crippen molar-refractivity contribution < 1.29 is 24.6 Å². The number of hydrogen-bond acceptors (Lipinski definition) is 5. The molecular formula is C16H19NO5S. The molecule has 0 aromatic heterocycles. The lowest BCUT2D eigenvalue weighted by atomic mass is 10.0. The molecule has 1 aromatic rings. The summed E-state index contributed by atoms with van der Waals surface area (Å²) < 4.78 is 0. The lowest BCUT2D eigenvalue weighted by Crippen LogP contribution is -2.43. The van der Waals surface area contributed by atoms with Crippen molar-refractivity contribution in [2.75, 3.05) is 12.3 Å². The summed E-state index contributed by atoms with van der Waals surface area (Å²) in [5, 5.41) is 18.7. The molecule has 0 aliphatic carbocycles. The zero-order valence-corrected chi connectivity index (χ0v) is 13.6. The van der Waals surface area contributed by atoms with E-state index in [4.69, 9.17) is 0 Å². The second-order valence-corrected chi connectivity index (χ2v) is 6.84. The van der Waals surface area contributed by atoms with Gasteiger partial charge in [-0.3, -0.25) is 9.59 Å². The number of aromatic hydroxyl groups is 1. The SMILES string of the molecule is CC(=O)SCC1CC(=O)N([C@@H](Cc2ccc(O)cc2)C(=O)O)C1. The summed E-state index contributed by atoms with van der Waals surface area (Å²) >= 11 is 1.17. The minimum Gasteiger partial charge on any atom is -0.508 e. The molecular weight excluding hydrogens is 318 g/mol. The molecule has 2 atom stereocenters. The van der Waals surface area contributed by atoms with Gasteiger partial charge >= 0.3 is 5.97 Å². The van der Waals surface area contributed by atoms with Gasteiger partial charge in [0, 0.05) is 32.1 Å².